The molecule has 3 rings (SSSR count). The van der Waals surface area contributed by atoms with Crippen molar-refractivity contribution in [2.24, 2.45) is 5.92 Å². The maximum Gasteiger partial charge on any atom is 0.234 e. The van der Waals surface area contributed by atoms with Crippen LogP contribution in [0.15, 0.2) is 24.3 Å². The summed E-state index contributed by atoms with van der Waals surface area (Å²) in [7, 11) is 0. The Kier molecular flexibility index (Phi) is 10.6. The van der Waals surface area contributed by atoms with Crippen molar-refractivity contribution in [2.75, 3.05) is 19.6 Å². The van der Waals surface area contributed by atoms with E-state index in [1.165, 1.54) is 49.8 Å². The molecule has 6 heteroatoms. The van der Waals surface area contributed by atoms with Crippen LogP contribution in [-0.4, -0.2) is 36.5 Å². The van der Waals surface area contributed by atoms with Crippen molar-refractivity contribution in [3.63, 3.8) is 0 Å². The average molecular weight is 402 g/mol. The Hall–Kier alpha value is -0.810. The molecule has 1 aliphatic carbocycles. The van der Waals surface area contributed by atoms with Crippen molar-refractivity contribution in [1.82, 2.24) is 15.5 Å². The predicted octanol–water partition coefficient (Wildman–Crippen LogP) is 3.52. The van der Waals surface area contributed by atoms with Gasteiger partial charge in [0.15, 0.2) is 0 Å². The summed E-state index contributed by atoms with van der Waals surface area (Å²) >= 11 is 0. The summed E-state index contributed by atoms with van der Waals surface area (Å²) in [5, 5.41) is 6.31. The van der Waals surface area contributed by atoms with Crippen molar-refractivity contribution >= 4 is 30.7 Å². The molecule has 1 atom stereocenters. The number of carbonyl (C=O) groups excluding carboxylic acids is 1. The summed E-state index contributed by atoms with van der Waals surface area (Å²) in [6.07, 6.45) is 6.58. The molecule has 1 heterocycles. The van der Waals surface area contributed by atoms with Gasteiger partial charge < -0.3 is 10.6 Å². The third-order valence-corrected chi connectivity index (χ3v) is 5.32. The highest BCUT2D eigenvalue weighted by atomic mass is 35.5. The minimum atomic E-state index is 0. The number of nitrogens with zero attached hydrogens (tertiary/aromatic N) is 1. The normalized spacial score (nSPS) is 20.0. The molecule has 148 valence electrons. The van der Waals surface area contributed by atoms with Crippen LogP contribution in [0, 0.1) is 5.92 Å². The number of rotatable bonds is 8. The quantitative estimate of drug-likeness (QED) is 0.700. The zero-order valence-electron chi connectivity index (χ0n) is 15.7. The minimum Gasteiger partial charge on any atom is -0.351 e. The molecule has 2 aliphatic rings. The molecule has 1 amide bonds. The number of hydrogen-bond acceptors (Lipinski definition) is 3. The number of halogens is 2. The van der Waals surface area contributed by atoms with Crippen LogP contribution in [0.2, 0.25) is 0 Å². The lowest BCUT2D eigenvalue weighted by Gasteiger charge is -2.33. The van der Waals surface area contributed by atoms with Gasteiger partial charge in [0, 0.05) is 19.1 Å². The number of benzene rings is 1. The van der Waals surface area contributed by atoms with E-state index in [4.69, 9.17) is 0 Å². The SMILES string of the molecule is CC1CCCCN1Cc1ccccc1CNC(=O)CNCC1CC1.Cl.Cl. The lowest BCUT2D eigenvalue weighted by molar-refractivity contribution is -0.120. The molecule has 0 aromatic heterocycles. The van der Waals surface area contributed by atoms with E-state index in [9.17, 15) is 4.79 Å². The Labute approximate surface area is 170 Å². The summed E-state index contributed by atoms with van der Waals surface area (Å²) in [6.45, 7) is 6.55. The zero-order valence-corrected chi connectivity index (χ0v) is 17.3. The van der Waals surface area contributed by atoms with Gasteiger partial charge in [-0.25, -0.2) is 0 Å². The summed E-state index contributed by atoms with van der Waals surface area (Å²) in [5.74, 6) is 0.904. The Morgan fingerprint density at radius 2 is 1.85 bits per heavy atom. The van der Waals surface area contributed by atoms with Gasteiger partial charge in [-0.3, -0.25) is 9.69 Å². The van der Waals surface area contributed by atoms with Crippen molar-refractivity contribution < 1.29 is 4.79 Å². The van der Waals surface area contributed by atoms with Gasteiger partial charge in [0.05, 0.1) is 6.54 Å². The number of likely N-dealkylation sites (tertiary alicyclic amines) is 1. The smallest absolute Gasteiger partial charge is 0.234 e. The highest BCUT2D eigenvalue weighted by Crippen LogP contribution is 2.27. The summed E-state index contributed by atoms with van der Waals surface area (Å²) in [4.78, 5) is 14.6. The molecule has 0 bridgehead atoms. The van der Waals surface area contributed by atoms with E-state index in [2.05, 4.69) is 46.7 Å². The van der Waals surface area contributed by atoms with Gasteiger partial charge in [-0.1, -0.05) is 30.7 Å². The fraction of sp³-hybridized carbons (Fsp3) is 0.650. The monoisotopic (exact) mass is 401 g/mol. The first kappa shape index (κ1) is 23.2. The number of nitrogens with one attached hydrogen (secondary N) is 2. The molecule has 26 heavy (non-hydrogen) atoms. The van der Waals surface area contributed by atoms with E-state index in [-0.39, 0.29) is 30.7 Å². The Morgan fingerprint density at radius 1 is 1.12 bits per heavy atom. The van der Waals surface area contributed by atoms with E-state index in [0.29, 0.717) is 19.1 Å². The fourth-order valence-electron chi connectivity index (χ4n) is 3.46. The second-order valence-corrected chi connectivity index (χ2v) is 7.43. The minimum absolute atomic E-state index is 0. The molecule has 1 saturated heterocycles. The lowest BCUT2D eigenvalue weighted by Crippen LogP contribution is -2.37. The van der Waals surface area contributed by atoms with Gasteiger partial charge in [0.2, 0.25) is 5.91 Å². The average Bonchev–Trinajstić information content (AvgIpc) is 3.40. The highest BCUT2D eigenvalue weighted by molar-refractivity contribution is 5.85. The van der Waals surface area contributed by atoms with E-state index in [1.807, 2.05) is 0 Å². The number of carbonyl (C=O) groups is 1. The molecule has 1 saturated carbocycles. The second kappa shape index (κ2) is 11.8. The van der Waals surface area contributed by atoms with Crippen LogP contribution in [0.5, 0.6) is 0 Å². The molecule has 1 aromatic carbocycles. The first-order valence-corrected chi connectivity index (χ1v) is 9.50. The number of piperidine rings is 1. The van der Waals surface area contributed by atoms with Gasteiger partial charge in [-0.15, -0.1) is 24.8 Å². The predicted molar refractivity (Wildman–Crippen MR) is 112 cm³/mol. The molecular formula is C20H33Cl2N3O. The third kappa shape index (κ3) is 7.43. The number of amides is 1. The van der Waals surface area contributed by atoms with Gasteiger partial charge in [0.25, 0.3) is 0 Å². The molecule has 1 aromatic rings. The molecule has 0 spiro atoms. The largest absolute Gasteiger partial charge is 0.351 e. The zero-order chi connectivity index (χ0) is 16.8. The van der Waals surface area contributed by atoms with Crippen molar-refractivity contribution in [3.8, 4) is 0 Å². The van der Waals surface area contributed by atoms with Crippen LogP contribution >= 0.6 is 24.8 Å². The first-order chi connectivity index (χ1) is 11.7. The molecular weight excluding hydrogens is 369 g/mol. The first-order valence-electron chi connectivity index (χ1n) is 9.50. The van der Waals surface area contributed by atoms with Crippen molar-refractivity contribution in [2.45, 2.75) is 58.2 Å². The Bertz CT molecular complexity index is 552. The fourth-order valence-corrected chi connectivity index (χ4v) is 3.46. The van der Waals surface area contributed by atoms with E-state index >= 15 is 0 Å². The van der Waals surface area contributed by atoms with Crippen LogP contribution in [0.4, 0.5) is 0 Å². The molecule has 2 fully saturated rings. The van der Waals surface area contributed by atoms with Gasteiger partial charge in [0.1, 0.15) is 0 Å². The number of hydrogen-bond donors (Lipinski definition) is 2. The molecule has 1 aliphatic heterocycles. The van der Waals surface area contributed by atoms with Crippen LogP contribution < -0.4 is 10.6 Å². The Morgan fingerprint density at radius 3 is 2.54 bits per heavy atom. The lowest BCUT2D eigenvalue weighted by atomic mass is 10.0. The van der Waals surface area contributed by atoms with Gasteiger partial charge >= 0.3 is 0 Å². The Balaban J connectivity index is 0.00000169. The standard InChI is InChI=1S/C20H31N3O.2ClH/c1-16-6-4-5-11-23(16)15-19-8-3-2-7-18(19)13-22-20(24)14-21-12-17-9-10-17;;/h2-3,7-8,16-17,21H,4-6,9-15H2,1H3,(H,22,24);2*1H. The van der Waals surface area contributed by atoms with Crippen LogP contribution in [0.3, 0.4) is 0 Å². The van der Waals surface area contributed by atoms with Gasteiger partial charge in [-0.2, -0.15) is 0 Å². The molecule has 4 nitrogen and oxygen atoms in total. The van der Waals surface area contributed by atoms with Crippen molar-refractivity contribution in [3.05, 3.63) is 35.4 Å². The maximum absolute atomic E-state index is 12.0. The van der Waals surface area contributed by atoms with Crippen LogP contribution in [-0.2, 0) is 17.9 Å². The summed E-state index contributed by atoms with van der Waals surface area (Å²) < 4.78 is 0. The summed E-state index contributed by atoms with van der Waals surface area (Å²) in [5.41, 5.74) is 2.59. The summed E-state index contributed by atoms with van der Waals surface area (Å²) in [6, 6.07) is 9.17. The second-order valence-electron chi connectivity index (χ2n) is 7.43. The highest BCUT2D eigenvalue weighted by Gasteiger charge is 2.21. The third-order valence-electron chi connectivity index (χ3n) is 5.32. The topological polar surface area (TPSA) is 44.4 Å². The van der Waals surface area contributed by atoms with Crippen molar-refractivity contribution in [1.29, 1.82) is 0 Å². The van der Waals surface area contributed by atoms with Crippen LogP contribution in [0.25, 0.3) is 0 Å². The van der Waals surface area contributed by atoms with Gasteiger partial charge in [-0.05, 0) is 62.7 Å². The molecule has 0 radical (unpaired) electrons. The van der Waals surface area contributed by atoms with E-state index in [0.717, 1.165) is 19.0 Å². The van der Waals surface area contributed by atoms with E-state index in [1.54, 1.807) is 0 Å². The molecule has 2 N–H and O–H groups in total. The van der Waals surface area contributed by atoms with Crippen LogP contribution in [0.1, 0.15) is 50.2 Å². The molecule has 1 unspecified atom stereocenters. The van der Waals surface area contributed by atoms with E-state index < -0.39 is 0 Å². The maximum atomic E-state index is 12.0.